The van der Waals surface area contributed by atoms with Gasteiger partial charge in [0.05, 0.1) is 31.6 Å². The number of nitrogens with one attached hydrogen (secondary N) is 1. The number of aromatic nitrogens is 2. The smallest absolute Gasteiger partial charge is 0.418 e. The van der Waals surface area contributed by atoms with Crippen molar-refractivity contribution in [2.45, 2.75) is 18.7 Å². The number of alkyl halides is 3. The second-order valence-corrected chi connectivity index (χ2v) is 8.67. The van der Waals surface area contributed by atoms with Crippen LogP contribution in [0.1, 0.15) is 12.0 Å². The molecule has 1 aliphatic rings. The lowest BCUT2D eigenvalue weighted by Crippen LogP contribution is -2.24. The van der Waals surface area contributed by atoms with E-state index in [0.29, 0.717) is 53.2 Å². The molecule has 2 aromatic carbocycles. The molecule has 0 radical (unpaired) electrons. The molecule has 4 aromatic rings. The summed E-state index contributed by atoms with van der Waals surface area (Å²) in [6, 6.07) is 10.6. The van der Waals surface area contributed by atoms with Gasteiger partial charge in [-0.3, -0.25) is 9.36 Å². The zero-order chi connectivity index (χ0) is 25.6. The zero-order valence-corrected chi connectivity index (χ0v) is 19.6. The number of nitrogens with zero attached hydrogens (tertiary/aromatic N) is 2. The topological polar surface area (TPSA) is 79.7 Å². The second kappa shape index (κ2) is 8.94. The summed E-state index contributed by atoms with van der Waals surface area (Å²) in [5.41, 5.74) is -0.0398. The van der Waals surface area contributed by atoms with Crippen LogP contribution in [0.5, 0.6) is 11.5 Å². The Kier molecular flexibility index (Phi) is 5.91. The van der Waals surface area contributed by atoms with Gasteiger partial charge in [-0.25, -0.2) is 0 Å². The number of anilines is 1. The van der Waals surface area contributed by atoms with Crippen molar-refractivity contribution in [3.05, 3.63) is 70.8 Å². The van der Waals surface area contributed by atoms with Gasteiger partial charge < -0.3 is 24.5 Å². The van der Waals surface area contributed by atoms with Crippen molar-refractivity contribution in [1.82, 2.24) is 9.55 Å². The Bertz CT molecular complexity index is 1470. The maximum absolute atomic E-state index is 14.1. The molecule has 1 fully saturated rings. The van der Waals surface area contributed by atoms with Gasteiger partial charge in [0.15, 0.2) is 0 Å². The zero-order valence-electron chi connectivity index (χ0n) is 19.6. The van der Waals surface area contributed by atoms with Crippen molar-refractivity contribution in [2.24, 2.45) is 0 Å². The third kappa shape index (κ3) is 4.17. The lowest BCUT2D eigenvalue weighted by molar-refractivity contribution is -0.137. The molecule has 1 saturated heterocycles. The van der Waals surface area contributed by atoms with E-state index < -0.39 is 23.4 Å². The minimum absolute atomic E-state index is 0.171. The first-order valence-corrected chi connectivity index (χ1v) is 11.3. The van der Waals surface area contributed by atoms with Gasteiger partial charge in [0, 0.05) is 48.2 Å². The van der Waals surface area contributed by atoms with Crippen LogP contribution in [-0.2, 0) is 6.18 Å². The highest BCUT2D eigenvalue weighted by atomic mass is 19.4. The molecule has 10 heteroatoms. The molecular formula is C26H24F3N3O4. The number of hydrogen-bond acceptors (Lipinski definition) is 5. The minimum atomic E-state index is -4.69. The van der Waals surface area contributed by atoms with Gasteiger partial charge in [-0.1, -0.05) is 0 Å². The van der Waals surface area contributed by atoms with Crippen molar-refractivity contribution < 1.29 is 27.8 Å². The predicted molar refractivity (Wildman–Crippen MR) is 130 cm³/mol. The molecule has 1 atom stereocenters. The molecular weight excluding hydrogens is 475 g/mol. The normalized spacial score (nSPS) is 16.1. The summed E-state index contributed by atoms with van der Waals surface area (Å²) in [4.78, 5) is 18.1. The summed E-state index contributed by atoms with van der Waals surface area (Å²) in [7, 11) is 3.00. The molecule has 0 spiro atoms. The third-order valence-electron chi connectivity index (χ3n) is 6.47. The fourth-order valence-corrected chi connectivity index (χ4v) is 4.65. The number of ether oxygens (including phenoxy) is 2. The summed E-state index contributed by atoms with van der Waals surface area (Å²) in [5.74, 6) is 0.993. The van der Waals surface area contributed by atoms with Crippen LogP contribution in [0.3, 0.4) is 0 Å². The minimum Gasteiger partial charge on any atom is -0.497 e. The first-order valence-electron chi connectivity index (χ1n) is 11.3. The van der Waals surface area contributed by atoms with Gasteiger partial charge in [0.1, 0.15) is 17.0 Å². The van der Waals surface area contributed by atoms with Crippen LogP contribution in [0.2, 0.25) is 0 Å². The van der Waals surface area contributed by atoms with Crippen molar-refractivity contribution >= 4 is 16.6 Å². The summed E-state index contributed by atoms with van der Waals surface area (Å²) < 4.78 is 54.1. The van der Waals surface area contributed by atoms with Crippen LogP contribution in [0.15, 0.2) is 59.7 Å². The number of benzene rings is 2. The van der Waals surface area contributed by atoms with E-state index in [9.17, 15) is 23.1 Å². The molecule has 0 saturated carbocycles. The van der Waals surface area contributed by atoms with Crippen LogP contribution in [0.25, 0.3) is 27.7 Å². The van der Waals surface area contributed by atoms with Gasteiger partial charge in [0.2, 0.25) is 0 Å². The average molecular weight is 499 g/mol. The molecule has 0 bridgehead atoms. The number of H-pyrrole nitrogens is 1. The fourth-order valence-electron chi connectivity index (χ4n) is 4.65. The van der Waals surface area contributed by atoms with E-state index in [4.69, 9.17) is 9.47 Å². The van der Waals surface area contributed by atoms with Crippen molar-refractivity contribution in [3.63, 3.8) is 0 Å². The van der Waals surface area contributed by atoms with E-state index in [1.807, 2.05) is 0 Å². The van der Waals surface area contributed by atoms with Crippen LogP contribution in [0, 0.1) is 0 Å². The van der Waals surface area contributed by atoms with Crippen molar-refractivity contribution in [1.29, 1.82) is 0 Å². The lowest BCUT2D eigenvalue weighted by atomic mass is 10.0. The number of hydrogen-bond donors (Lipinski definition) is 2. The first kappa shape index (κ1) is 23.8. The Balaban J connectivity index is 1.78. The van der Waals surface area contributed by atoms with E-state index in [1.165, 1.54) is 32.5 Å². The first-order chi connectivity index (χ1) is 17.2. The highest BCUT2D eigenvalue weighted by molar-refractivity contribution is 5.95. The largest absolute Gasteiger partial charge is 0.497 e. The monoisotopic (exact) mass is 499 g/mol. The fraction of sp³-hybridized carbons (Fsp3) is 0.269. The number of rotatable bonds is 5. The maximum Gasteiger partial charge on any atom is 0.418 e. The molecule has 1 unspecified atom stereocenters. The Morgan fingerprint density at radius 1 is 1.06 bits per heavy atom. The number of methoxy groups -OCH3 is 2. The summed E-state index contributed by atoms with van der Waals surface area (Å²) >= 11 is 0. The van der Waals surface area contributed by atoms with Crippen molar-refractivity contribution in [3.8, 4) is 28.3 Å². The van der Waals surface area contributed by atoms with Gasteiger partial charge in [0.25, 0.3) is 5.56 Å². The van der Waals surface area contributed by atoms with E-state index >= 15 is 0 Å². The van der Waals surface area contributed by atoms with Gasteiger partial charge >= 0.3 is 6.18 Å². The number of aromatic amines is 1. The number of pyridine rings is 1. The SMILES string of the molecule is COc1cc(OC)cc(-c2cn(-c3cc(N4CCC(O)C4)ccc3C(F)(F)F)c(=O)c3[nH]ccc23)c1. The van der Waals surface area contributed by atoms with E-state index in [0.717, 1.165) is 10.6 Å². The number of fused-ring (bicyclic) bond motifs is 1. The van der Waals surface area contributed by atoms with Crippen molar-refractivity contribution in [2.75, 3.05) is 32.2 Å². The standard InChI is InChI=1S/C26H24F3N3O4/c1-35-18-9-15(10-19(12-18)36-2)21-14-32(25(34)24-20(21)5-7-30-24)23-11-16(31-8-6-17(33)13-31)3-4-22(23)26(27,28)29/h3-5,7,9-12,14,17,30,33H,6,8,13H2,1-2H3. The summed E-state index contributed by atoms with van der Waals surface area (Å²) in [6.07, 6.45) is -1.73. The molecule has 3 heterocycles. The third-order valence-corrected chi connectivity index (χ3v) is 6.47. The Hall–Kier alpha value is -3.92. The molecule has 0 amide bonds. The molecule has 2 aromatic heterocycles. The van der Waals surface area contributed by atoms with E-state index in [-0.39, 0.29) is 11.2 Å². The molecule has 5 rings (SSSR count). The Morgan fingerprint density at radius 2 is 1.78 bits per heavy atom. The number of aliphatic hydroxyl groups is 1. The molecule has 1 aliphatic heterocycles. The molecule has 188 valence electrons. The lowest BCUT2D eigenvalue weighted by Gasteiger charge is -2.22. The molecule has 7 nitrogen and oxygen atoms in total. The Labute approximate surface area is 204 Å². The van der Waals surface area contributed by atoms with Crippen LogP contribution < -0.4 is 19.9 Å². The number of halogens is 3. The van der Waals surface area contributed by atoms with E-state index in [2.05, 4.69) is 4.98 Å². The summed E-state index contributed by atoms with van der Waals surface area (Å²) in [6.45, 7) is 0.815. The highest BCUT2D eigenvalue weighted by Gasteiger charge is 2.35. The summed E-state index contributed by atoms with van der Waals surface area (Å²) in [5, 5.41) is 10.5. The number of aliphatic hydroxyl groups excluding tert-OH is 1. The average Bonchev–Trinajstić information content (AvgIpc) is 3.53. The number of β-amino-alcohol motifs (C(OH)–C–C–N with tert-alkyl or cyclic N) is 1. The van der Waals surface area contributed by atoms with E-state index in [1.54, 1.807) is 35.4 Å². The molecule has 36 heavy (non-hydrogen) atoms. The quantitative estimate of drug-likeness (QED) is 0.420. The molecule has 2 N–H and O–H groups in total. The van der Waals surface area contributed by atoms with Crippen LogP contribution in [0.4, 0.5) is 18.9 Å². The second-order valence-electron chi connectivity index (χ2n) is 8.67. The predicted octanol–water partition coefficient (Wildman–Crippen LogP) is 4.59. The maximum atomic E-state index is 14.1. The van der Waals surface area contributed by atoms with Gasteiger partial charge in [-0.2, -0.15) is 13.2 Å². The molecule has 0 aliphatic carbocycles. The van der Waals surface area contributed by atoms with Crippen LogP contribution >= 0.6 is 0 Å². The van der Waals surface area contributed by atoms with Gasteiger partial charge in [-0.15, -0.1) is 0 Å². The van der Waals surface area contributed by atoms with Gasteiger partial charge in [-0.05, 0) is 48.4 Å². The highest BCUT2D eigenvalue weighted by Crippen LogP contribution is 2.38. The Morgan fingerprint density at radius 3 is 2.39 bits per heavy atom. The van der Waals surface area contributed by atoms with Crippen LogP contribution in [-0.4, -0.2) is 48.1 Å².